The van der Waals surface area contributed by atoms with Crippen molar-refractivity contribution in [1.82, 2.24) is 40.0 Å². The minimum absolute atomic E-state index is 0. The van der Waals surface area contributed by atoms with Crippen LogP contribution in [0.3, 0.4) is 0 Å². The third kappa shape index (κ3) is 14.7. The summed E-state index contributed by atoms with van der Waals surface area (Å²) >= 11 is 0. The van der Waals surface area contributed by atoms with Crippen LogP contribution in [0.15, 0.2) is 134 Å². The highest BCUT2D eigenvalue weighted by Crippen LogP contribution is 2.33. The summed E-state index contributed by atoms with van der Waals surface area (Å²) < 4.78 is 3.90. The van der Waals surface area contributed by atoms with Crippen molar-refractivity contribution in [3.63, 3.8) is 0 Å². The number of rotatable bonds is 22. The molecule has 2 heterocycles. The molecule has 2 amide bonds. The van der Waals surface area contributed by atoms with E-state index in [-0.39, 0.29) is 17.3 Å². The van der Waals surface area contributed by atoms with Crippen LogP contribution in [0.5, 0.6) is 0 Å². The molecule has 11 nitrogen and oxygen atoms in total. The lowest BCUT2D eigenvalue weighted by Crippen LogP contribution is -2.30. The van der Waals surface area contributed by atoms with Gasteiger partial charge in [-0.05, 0) is 63.2 Å². The van der Waals surface area contributed by atoms with Gasteiger partial charge in [-0.25, -0.2) is 0 Å². The highest BCUT2D eigenvalue weighted by Gasteiger charge is 2.17. The van der Waals surface area contributed by atoms with Crippen molar-refractivity contribution in [3.05, 3.63) is 134 Å². The molecule has 2 aromatic heterocycles. The van der Waals surface area contributed by atoms with Crippen molar-refractivity contribution < 1.29 is 15.1 Å². The second-order valence-electron chi connectivity index (χ2n) is 14.7. The third-order valence-corrected chi connectivity index (χ3v) is 10.8. The second-order valence-corrected chi connectivity index (χ2v) is 14.7. The molecule has 0 aliphatic rings. The van der Waals surface area contributed by atoms with Crippen molar-refractivity contribution in [1.29, 1.82) is 0 Å². The van der Waals surface area contributed by atoms with E-state index >= 15 is 0 Å². The Balaban J connectivity index is 0.000000264. The lowest BCUT2D eigenvalue weighted by molar-refractivity contribution is -0.122. The molecule has 0 fully saturated rings. The van der Waals surface area contributed by atoms with Crippen molar-refractivity contribution in [2.24, 2.45) is 0 Å². The number of nitrogens with zero attached hydrogens (tertiary/aromatic N) is 6. The van der Waals surface area contributed by atoms with Gasteiger partial charge in [0.15, 0.2) is 0 Å². The van der Waals surface area contributed by atoms with Gasteiger partial charge in [-0.2, -0.15) is 10.2 Å². The van der Waals surface area contributed by atoms with Gasteiger partial charge in [0.25, 0.3) is 0 Å². The fraction of sp³-hybridized carbons (Fsp3) is 0.360. The molecule has 6 aromatic rings. The molecule has 0 aliphatic heterocycles. The number of aryl methyl sites for hydroxylation is 2. The predicted molar refractivity (Wildman–Crippen MR) is 250 cm³/mol. The van der Waals surface area contributed by atoms with E-state index in [1.165, 1.54) is 0 Å². The van der Waals surface area contributed by atoms with Crippen LogP contribution in [0.25, 0.3) is 44.8 Å². The summed E-state index contributed by atoms with van der Waals surface area (Å²) in [6.45, 7) is 17.5. The van der Waals surface area contributed by atoms with Crippen LogP contribution in [-0.2, 0) is 22.7 Å². The van der Waals surface area contributed by atoms with Gasteiger partial charge in [-0.15, -0.1) is 0 Å². The maximum atomic E-state index is 12.4. The Bertz CT molecular complexity index is 1960. The molecule has 0 saturated heterocycles. The van der Waals surface area contributed by atoms with Crippen LogP contribution >= 0.6 is 0 Å². The Morgan fingerprint density at radius 1 is 0.492 bits per heavy atom. The molecule has 6 rings (SSSR count). The summed E-state index contributed by atoms with van der Waals surface area (Å²) in [6, 6.07) is 41.1. The Hall–Kier alpha value is -5.88. The first-order valence-electron chi connectivity index (χ1n) is 21.8. The highest BCUT2D eigenvalue weighted by molar-refractivity contribution is 5.82. The minimum Gasteiger partial charge on any atom is -0.412 e. The van der Waals surface area contributed by atoms with Crippen LogP contribution in [0.4, 0.5) is 0 Å². The summed E-state index contributed by atoms with van der Waals surface area (Å²) in [5, 5.41) is 15.3. The standard InChI is InChI=1S/2C25H32N4O.H2O/c2*1-3-28(4-2)18-11-17-26-24(30)16-19-29-25(22-14-9-6-10-15-22)23(20-27-29)21-12-7-5-8-13-21;/h2*5-10,12-15,20H,3-4,11,16-19H2,1-2H3,(H,26,30);1H2. The molecule has 0 aliphatic carbocycles. The van der Waals surface area contributed by atoms with Crippen LogP contribution < -0.4 is 10.6 Å². The SMILES string of the molecule is CCN(CC)CCCNC(=O)CCn1ncc(-c2ccccc2)c1-c1ccccc1.CCN(CC)CCCNC(=O)CCn1ncc(-c2ccccc2)c1-c1ccccc1.O. The predicted octanol–water partition coefficient (Wildman–Crippen LogP) is 8.09. The van der Waals surface area contributed by atoms with E-state index in [0.29, 0.717) is 25.9 Å². The molecule has 0 atom stereocenters. The molecule has 324 valence electrons. The van der Waals surface area contributed by atoms with Crippen molar-refractivity contribution in [3.8, 4) is 44.8 Å². The van der Waals surface area contributed by atoms with E-state index in [4.69, 9.17) is 0 Å². The molecule has 0 saturated carbocycles. The monoisotopic (exact) mass is 827 g/mol. The zero-order valence-corrected chi connectivity index (χ0v) is 36.6. The molecular formula is C50H66N8O3. The van der Waals surface area contributed by atoms with E-state index < -0.39 is 0 Å². The maximum absolute atomic E-state index is 12.4. The number of amides is 2. The molecule has 0 unspecified atom stereocenters. The molecule has 61 heavy (non-hydrogen) atoms. The lowest BCUT2D eigenvalue weighted by atomic mass is 10.0. The van der Waals surface area contributed by atoms with Gasteiger partial charge in [-0.3, -0.25) is 19.0 Å². The first-order chi connectivity index (χ1) is 29.4. The van der Waals surface area contributed by atoms with Gasteiger partial charge in [-0.1, -0.05) is 149 Å². The number of carbonyl (C=O) groups excluding carboxylic acids is 2. The van der Waals surface area contributed by atoms with Gasteiger partial charge >= 0.3 is 0 Å². The largest absolute Gasteiger partial charge is 0.412 e. The normalized spacial score (nSPS) is 10.9. The van der Waals surface area contributed by atoms with E-state index in [2.05, 4.69) is 107 Å². The molecule has 11 heteroatoms. The van der Waals surface area contributed by atoms with E-state index in [1.807, 2.05) is 94.6 Å². The van der Waals surface area contributed by atoms with Gasteiger partial charge in [0.2, 0.25) is 11.8 Å². The average molecular weight is 827 g/mol. The average Bonchev–Trinajstić information content (AvgIpc) is 3.94. The zero-order valence-electron chi connectivity index (χ0n) is 36.6. The fourth-order valence-electron chi connectivity index (χ4n) is 7.30. The quantitative estimate of drug-likeness (QED) is 0.0666. The van der Waals surface area contributed by atoms with Crippen LogP contribution in [0.1, 0.15) is 53.4 Å². The van der Waals surface area contributed by atoms with Gasteiger partial charge in [0, 0.05) is 48.2 Å². The Kier molecular flexibility index (Phi) is 20.7. The zero-order chi connectivity index (χ0) is 42.4. The molecule has 4 N–H and O–H groups in total. The van der Waals surface area contributed by atoms with Crippen LogP contribution in [0.2, 0.25) is 0 Å². The van der Waals surface area contributed by atoms with Crippen molar-refractivity contribution in [2.45, 2.75) is 66.5 Å². The fourth-order valence-corrected chi connectivity index (χ4v) is 7.30. The van der Waals surface area contributed by atoms with Crippen LogP contribution in [-0.4, -0.2) is 99.0 Å². The summed E-state index contributed by atoms with van der Waals surface area (Å²) in [7, 11) is 0. The van der Waals surface area contributed by atoms with E-state index in [1.54, 1.807) is 0 Å². The summed E-state index contributed by atoms with van der Waals surface area (Å²) in [5.41, 5.74) is 8.74. The van der Waals surface area contributed by atoms with Gasteiger partial charge < -0.3 is 25.9 Å². The van der Waals surface area contributed by atoms with Crippen molar-refractivity contribution >= 4 is 11.8 Å². The first kappa shape index (κ1) is 47.8. The number of hydrogen-bond acceptors (Lipinski definition) is 6. The maximum Gasteiger partial charge on any atom is 0.221 e. The molecule has 0 radical (unpaired) electrons. The lowest BCUT2D eigenvalue weighted by Gasteiger charge is -2.17. The summed E-state index contributed by atoms with van der Waals surface area (Å²) in [5.74, 6) is 0.149. The summed E-state index contributed by atoms with van der Waals surface area (Å²) in [6.07, 6.45) is 6.59. The number of carbonyl (C=O) groups is 2. The molecular weight excluding hydrogens is 761 g/mol. The van der Waals surface area contributed by atoms with Crippen molar-refractivity contribution in [2.75, 3.05) is 52.4 Å². The van der Waals surface area contributed by atoms with E-state index in [9.17, 15) is 9.59 Å². The Labute approximate surface area is 363 Å². The van der Waals surface area contributed by atoms with Gasteiger partial charge in [0.1, 0.15) is 0 Å². The topological polar surface area (TPSA) is 132 Å². The first-order valence-corrected chi connectivity index (χ1v) is 21.8. The number of aromatic nitrogens is 4. The highest BCUT2D eigenvalue weighted by atomic mass is 16.2. The molecule has 4 aromatic carbocycles. The van der Waals surface area contributed by atoms with Crippen LogP contribution in [0, 0.1) is 0 Å². The minimum atomic E-state index is 0. The Morgan fingerprint density at radius 3 is 1.11 bits per heavy atom. The number of benzene rings is 4. The molecule has 0 spiro atoms. The number of hydrogen-bond donors (Lipinski definition) is 2. The third-order valence-electron chi connectivity index (χ3n) is 10.8. The number of nitrogens with one attached hydrogen (secondary N) is 2. The summed E-state index contributed by atoms with van der Waals surface area (Å²) in [4.78, 5) is 29.5. The Morgan fingerprint density at radius 2 is 0.803 bits per heavy atom. The second kappa shape index (κ2) is 26.4. The van der Waals surface area contributed by atoms with Gasteiger partial charge in [0.05, 0.1) is 36.9 Å². The van der Waals surface area contributed by atoms with E-state index in [0.717, 1.165) is 110 Å². The molecule has 0 bridgehead atoms. The smallest absolute Gasteiger partial charge is 0.221 e.